The van der Waals surface area contributed by atoms with E-state index in [1.54, 1.807) is 18.9 Å². The van der Waals surface area contributed by atoms with E-state index in [1.165, 1.54) is 0 Å². The topological polar surface area (TPSA) is 52.5 Å². The van der Waals surface area contributed by atoms with Gasteiger partial charge >= 0.3 is 0 Å². The summed E-state index contributed by atoms with van der Waals surface area (Å²) in [5, 5.41) is 1.04. The van der Waals surface area contributed by atoms with Crippen molar-refractivity contribution in [1.29, 1.82) is 0 Å². The number of ether oxygens (including phenoxy) is 1. The molecule has 17 heavy (non-hydrogen) atoms. The fourth-order valence-corrected chi connectivity index (χ4v) is 2.66. The lowest BCUT2D eigenvalue weighted by Crippen LogP contribution is -2.02. The number of aromatic nitrogens is 2. The van der Waals surface area contributed by atoms with E-state index in [-0.39, 0.29) is 0 Å². The van der Waals surface area contributed by atoms with E-state index in [4.69, 9.17) is 10.5 Å². The molecule has 2 aromatic heterocycles. The van der Waals surface area contributed by atoms with Crippen LogP contribution in [-0.2, 0) is 11.3 Å². The number of thioether (sulfide) groups is 1. The van der Waals surface area contributed by atoms with Crippen LogP contribution < -0.4 is 5.73 Å². The molecule has 0 radical (unpaired) electrons. The number of hydrogen-bond acceptors (Lipinski definition) is 4. The van der Waals surface area contributed by atoms with Gasteiger partial charge in [0.15, 0.2) is 0 Å². The van der Waals surface area contributed by atoms with Gasteiger partial charge in [-0.25, -0.2) is 4.98 Å². The molecule has 0 unspecified atom stereocenters. The lowest BCUT2D eigenvalue weighted by Gasteiger charge is -2.01. The molecule has 0 aliphatic carbocycles. The predicted molar refractivity (Wildman–Crippen MR) is 70.3 cm³/mol. The van der Waals surface area contributed by atoms with Crippen LogP contribution in [0.4, 0.5) is 0 Å². The summed E-state index contributed by atoms with van der Waals surface area (Å²) in [5.41, 5.74) is 7.84. The Morgan fingerprint density at radius 2 is 2.35 bits per heavy atom. The quantitative estimate of drug-likeness (QED) is 0.629. The number of imidazole rings is 1. The van der Waals surface area contributed by atoms with Crippen molar-refractivity contribution in [3.8, 4) is 0 Å². The fraction of sp³-hybridized carbons (Fsp3) is 0.417. The molecular weight excluding hydrogens is 234 g/mol. The standard InChI is InChI=1S/C12H17N3OS/c1-16-7-4-8-17-12-10(9-13)15-6-3-2-5-11(15)14-12/h2-3,5-6H,4,7-9,13H2,1H3. The van der Waals surface area contributed by atoms with Crippen LogP contribution in [0.3, 0.4) is 0 Å². The normalized spacial score (nSPS) is 11.2. The molecule has 0 saturated carbocycles. The summed E-state index contributed by atoms with van der Waals surface area (Å²) in [6.45, 7) is 1.30. The van der Waals surface area contributed by atoms with Gasteiger partial charge < -0.3 is 14.9 Å². The molecule has 0 saturated heterocycles. The second kappa shape index (κ2) is 6.05. The van der Waals surface area contributed by atoms with E-state index in [9.17, 15) is 0 Å². The third-order valence-electron chi connectivity index (χ3n) is 2.52. The van der Waals surface area contributed by atoms with Crippen molar-refractivity contribution in [3.63, 3.8) is 0 Å². The van der Waals surface area contributed by atoms with E-state index >= 15 is 0 Å². The first kappa shape index (κ1) is 12.4. The maximum atomic E-state index is 5.79. The van der Waals surface area contributed by atoms with Crippen LogP contribution >= 0.6 is 11.8 Å². The van der Waals surface area contributed by atoms with Crippen LogP contribution in [0.2, 0.25) is 0 Å². The summed E-state index contributed by atoms with van der Waals surface area (Å²) in [4.78, 5) is 4.59. The monoisotopic (exact) mass is 251 g/mol. The molecule has 2 rings (SSSR count). The van der Waals surface area contributed by atoms with Crippen LogP contribution in [0.1, 0.15) is 12.1 Å². The summed E-state index contributed by atoms with van der Waals surface area (Å²) >= 11 is 1.75. The summed E-state index contributed by atoms with van der Waals surface area (Å²) in [7, 11) is 1.72. The lowest BCUT2D eigenvalue weighted by atomic mass is 10.4. The van der Waals surface area contributed by atoms with Gasteiger partial charge in [-0.2, -0.15) is 0 Å². The first-order valence-corrected chi connectivity index (χ1v) is 6.63. The van der Waals surface area contributed by atoms with Crippen molar-refractivity contribution in [1.82, 2.24) is 9.38 Å². The third-order valence-corrected chi connectivity index (χ3v) is 3.61. The van der Waals surface area contributed by atoms with Crippen molar-refractivity contribution >= 4 is 17.4 Å². The van der Waals surface area contributed by atoms with Gasteiger partial charge in [0.05, 0.1) is 5.69 Å². The highest BCUT2D eigenvalue weighted by Crippen LogP contribution is 2.23. The second-order valence-electron chi connectivity index (χ2n) is 3.69. The number of fused-ring (bicyclic) bond motifs is 1. The first-order chi connectivity index (χ1) is 8.36. The first-order valence-electron chi connectivity index (χ1n) is 5.64. The van der Waals surface area contributed by atoms with Gasteiger partial charge in [-0.15, -0.1) is 11.8 Å². The molecule has 2 heterocycles. The number of hydrogen-bond donors (Lipinski definition) is 1. The van der Waals surface area contributed by atoms with Crippen molar-refractivity contribution in [2.24, 2.45) is 5.73 Å². The Morgan fingerprint density at radius 1 is 1.47 bits per heavy atom. The van der Waals surface area contributed by atoms with E-state index in [0.717, 1.165) is 35.1 Å². The van der Waals surface area contributed by atoms with Crippen LogP contribution in [0.5, 0.6) is 0 Å². The highest BCUT2D eigenvalue weighted by atomic mass is 32.2. The molecule has 0 aliphatic heterocycles. The van der Waals surface area contributed by atoms with Crippen LogP contribution in [0.25, 0.3) is 5.65 Å². The van der Waals surface area contributed by atoms with E-state index in [1.807, 2.05) is 24.4 Å². The lowest BCUT2D eigenvalue weighted by molar-refractivity contribution is 0.200. The van der Waals surface area contributed by atoms with Crippen molar-refractivity contribution in [3.05, 3.63) is 30.1 Å². The molecule has 2 aromatic rings. The molecule has 0 aliphatic rings. The number of nitrogens with two attached hydrogens (primary N) is 1. The van der Waals surface area contributed by atoms with Crippen LogP contribution in [-0.4, -0.2) is 28.9 Å². The molecule has 0 aromatic carbocycles. The number of rotatable bonds is 6. The summed E-state index contributed by atoms with van der Waals surface area (Å²) in [6.07, 6.45) is 3.03. The minimum atomic E-state index is 0.512. The molecule has 0 atom stereocenters. The van der Waals surface area contributed by atoms with Gasteiger partial charge in [0.1, 0.15) is 10.7 Å². The molecule has 4 nitrogen and oxygen atoms in total. The van der Waals surface area contributed by atoms with Crippen LogP contribution in [0, 0.1) is 0 Å². The maximum absolute atomic E-state index is 5.79. The molecular formula is C12H17N3OS. The van der Waals surface area contributed by atoms with Gasteiger partial charge in [0.2, 0.25) is 0 Å². The SMILES string of the molecule is COCCCSc1nc2ccccn2c1CN. The van der Waals surface area contributed by atoms with Crippen molar-refractivity contribution in [2.75, 3.05) is 19.5 Å². The Hall–Kier alpha value is -1.04. The highest BCUT2D eigenvalue weighted by molar-refractivity contribution is 7.99. The Morgan fingerprint density at radius 3 is 3.12 bits per heavy atom. The van der Waals surface area contributed by atoms with Gasteiger partial charge in [0, 0.05) is 32.2 Å². The zero-order valence-electron chi connectivity index (χ0n) is 9.93. The van der Waals surface area contributed by atoms with Crippen molar-refractivity contribution in [2.45, 2.75) is 18.0 Å². The molecule has 5 heteroatoms. The summed E-state index contributed by atoms with van der Waals surface area (Å²) in [6, 6.07) is 5.98. The largest absolute Gasteiger partial charge is 0.385 e. The van der Waals surface area contributed by atoms with Gasteiger partial charge in [-0.1, -0.05) is 6.07 Å². The molecule has 92 valence electrons. The maximum Gasteiger partial charge on any atom is 0.138 e. The van der Waals surface area contributed by atoms with Gasteiger partial charge in [0.25, 0.3) is 0 Å². The highest BCUT2D eigenvalue weighted by Gasteiger charge is 2.10. The molecule has 0 fully saturated rings. The number of nitrogens with zero attached hydrogens (tertiary/aromatic N) is 2. The molecule has 0 bridgehead atoms. The Bertz CT molecular complexity index is 484. The zero-order valence-corrected chi connectivity index (χ0v) is 10.7. The van der Waals surface area contributed by atoms with E-state index < -0.39 is 0 Å². The third kappa shape index (κ3) is 2.80. The Balaban J connectivity index is 2.15. The van der Waals surface area contributed by atoms with Gasteiger partial charge in [-0.05, 0) is 18.6 Å². The van der Waals surface area contributed by atoms with Gasteiger partial charge in [-0.3, -0.25) is 0 Å². The average Bonchev–Trinajstić information content (AvgIpc) is 2.72. The van der Waals surface area contributed by atoms with E-state index in [2.05, 4.69) is 9.38 Å². The number of methoxy groups -OCH3 is 1. The number of pyridine rings is 1. The minimum absolute atomic E-state index is 0.512. The van der Waals surface area contributed by atoms with Crippen LogP contribution in [0.15, 0.2) is 29.4 Å². The smallest absolute Gasteiger partial charge is 0.138 e. The second-order valence-corrected chi connectivity index (χ2v) is 4.78. The Labute approximate surface area is 105 Å². The average molecular weight is 251 g/mol. The molecule has 2 N–H and O–H groups in total. The molecule has 0 amide bonds. The predicted octanol–water partition coefficient (Wildman–Crippen LogP) is 1.92. The van der Waals surface area contributed by atoms with Crippen molar-refractivity contribution < 1.29 is 4.74 Å². The zero-order chi connectivity index (χ0) is 12.1. The minimum Gasteiger partial charge on any atom is -0.385 e. The Kier molecular flexibility index (Phi) is 4.42. The van der Waals surface area contributed by atoms with E-state index in [0.29, 0.717) is 6.54 Å². The summed E-state index contributed by atoms with van der Waals surface area (Å²) < 4.78 is 7.09. The molecule has 0 spiro atoms. The fourth-order valence-electron chi connectivity index (χ4n) is 1.70. The summed E-state index contributed by atoms with van der Waals surface area (Å²) in [5.74, 6) is 1.00.